The zero-order valence-electron chi connectivity index (χ0n) is 13.9. The van der Waals surface area contributed by atoms with Crippen LogP contribution in [0.2, 0.25) is 0 Å². The van der Waals surface area contributed by atoms with Gasteiger partial charge in [-0.25, -0.2) is 0 Å². The number of nitrogens with zero attached hydrogens (tertiary/aromatic N) is 1. The van der Waals surface area contributed by atoms with Gasteiger partial charge in [0, 0.05) is 25.0 Å². The van der Waals surface area contributed by atoms with Crippen LogP contribution in [0.5, 0.6) is 0 Å². The molecule has 0 spiro atoms. The highest BCUT2D eigenvalue weighted by atomic mass is 16.2. The van der Waals surface area contributed by atoms with E-state index in [9.17, 15) is 4.79 Å². The van der Waals surface area contributed by atoms with Crippen molar-refractivity contribution in [2.24, 2.45) is 23.7 Å². The van der Waals surface area contributed by atoms with Gasteiger partial charge in [0.1, 0.15) is 0 Å². The van der Waals surface area contributed by atoms with Crippen LogP contribution < -0.4 is 5.32 Å². The Hall–Kier alpha value is -0.570. The van der Waals surface area contributed by atoms with E-state index in [1.54, 1.807) is 0 Å². The average molecular weight is 304 g/mol. The molecule has 0 aromatic heterocycles. The average Bonchev–Trinajstić information content (AvgIpc) is 3.48. The van der Waals surface area contributed by atoms with Gasteiger partial charge in [0.15, 0.2) is 0 Å². The number of nitrogens with one attached hydrogen (secondary N) is 1. The standard InChI is InChI=1S/C19H32N2O/c22-19(18-12-17(18)15-4-2-1-3-5-15)21-10-8-16(9-11-21)20-13-14-6-7-14/h14-18,20H,1-13H2. The molecule has 2 unspecified atom stereocenters. The highest BCUT2D eigenvalue weighted by Crippen LogP contribution is 2.50. The summed E-state index contributed by atoms with van der Waals surface area (Å²) >= 11 is 0. The zero-order chi connectivity index (χ0) is 14.9. The van der Waals surface area contributed by atoms with Crippen LogP contribution in [0.15, 0.2) is 0 Å². The number of hydrogen-bond donors (Lipinski definition) is 1. The number of hydrogen-bond acceptors (Lipinski definition) is 2. The maximum Gasteiger partial charge on any atom is 0.225 e. The second kappa shape index (κ2) is 6.51. The lowest BCUT2D eigenvalue weighted by atomic mass is 9.85. The lowest BCUT2D eigenvalue weighted by molar-refractivity contribution is -0.134. The quantitative estimate of drug-likeness (QED) is 0.846. The van der Waals surface area contributed by atoms with Crippen molar-refractivity contribution in [1.29, 1.82) is 0 Å². The van der Waals surface area contributed by atoms with E-state index in [-0.39, 0.29) is 0 Å². The number of rotatable bonds is 5. The van der Waals surface area contributed by atoms with Crippen molar-refractivity contribution in [3.8, 4) is 0 Å². The third-order valence-electron chi connectivity index (χ3n) is 6.61. The van der Waals surface area contributed by atoms with E-state index in [1.807, 2.05) is 0 Å². The highest BCUT2D eigenvalue weighted by Gasteiger charge is 2.49. The molecule has 4 rings (SSSR count). The summed E-state index contributed by atoms with van der Waals surface area (Å²) in [5.74, 6) is 3.48. The van der Waals surface area contributed by atoms with Gasteiger partial charge in [0.2, 0.25) is 5.91 Å². The minimum atomic E-state index is 0.402. The molecule has 1 N–H and O–H groups in total. The van der Waals surface area contributed by atoms with Crippen LogP contribution in [0, 0.1) is 23.7 Å². The fourth-order valence-corrected chi connectivity index (χ4v) is 4.78. The van der Waals surface area contributed by atoms with E-state index >= 15 is 0 Å². The van der Waals surface area contributed by atoms with Crippen molar-refractivity contribution < 1.29 is 4.79 Å². The van der Waals surface area contributed by atoms with E-state index < -0.39 is 0 Å². The van der Waals surface area contributed by atoms with E-state index in [2.05, 4.69) is 10.2 Å². The van der Waals surface area contributed by atoms with Crippen molar-refractivity contribution in [3.63, 3.8) is 0 Å². The van der Waals surface area contributed by atoms with E-state index in [4.69, 9.17) is 0 Å². The van der Waals surface area contributed by atoms with Gasteiger partial charge in [-0.3, -0.25) is 4.79 Å². The third kappa shape index (κ3) is 3.50. The van der Waals surface area contributed by atoms with Gasteiger partial charge in [-0.05, 0) is 56.4 Å². The number of carbonyl (C=O) groups is 1. The second-order valence-electron chi connectivity index (χ2n) is 8.36. The largest absolute Gasteiger partial charge is 0.342 e. The second-order valence-corrected chi connectivity index (χ2v) is 8.36. The van der Waals surface area contributed by atoms with Crippen molar-refractivity contribution in [2.45, 2.75) is 70.3 Å². The summed E-state index contributed by atoms with van der Waals surface area (Å²) in [5, 5.41) is 3.71. The first-order valence-electron chi connectivity index (χ1n) is 9.83. The Morgan fingerprint density at radius 2 is 1.68 bits per heavy atom. The van der Waals surface area contributed by atoms with Crippen LogP contribution in [-0.4, -0.2) is 36.5 Å². The maximum absolute atomic E-state index is 12.7. The monoisotopic (exact) mass is 304 g/mol. The van der Waals surface area contributed by atoms with Crippen LogP contribution in [0.3, 0.4) is 0 Å². The Morgan fingerprint density at radius 1 is 0.955 bits per heavy atom. The third-order valence-corrected chi connectivity index (χ3v) is 6.61. The molecule has 3 nitrogen and oxygen atoms in total. The van der Waals surface area contributed by atoms with Gasteiger partial charge in [-0.2, -0.15) is 0 Å². The summed E-state index contributed by atoms with van der Waals surface area (Å²) in [4.78, 5) is 14.9. The molecular formula is C19H32N2O. The van der Waals surface area contributed by atoms with Gasteiger partial charge < -0.3 is 10.2 Å². The van der Waals surface area contributed by atoms with Gasteiger partial charge in [0.25, 0.3) is 0 Å². The molecule has 22 heavy (non-hydrogen) atoms. The number of likely N-dealkylation sites (tertiary alicyclic amines) is 1. The molecular weight excluding hydrogens is 272 g/mol. The van der Waals surface area contributed by atoms with Crippen LogP contribution >= 0.6 is 0 Å². The topological polar surface area (TPSA) is 32.3 Å². The first-order chi connectivity index (χ1) is 10.8. The molecule has 124 valence electrons. The molecule has 0 aromatic carbocycles. The molecule has 1 amide bonds. The zero-order valence-corrected chi connectivity index (χ0v) is 13.9. The predicted octanol–water partition coefficient (Wildman–Crippen LogP) is 3.19. The number of amides is 1. The van der Waals surface area contributed by atoms with Crippen molar-refractivity contribution in [1.82, 2.24) is 10.2 Å². The molecule has 0 aromatic rings. The molecule has 1 saturated heterocycles. The van der Waals surface area contributed by atoms with Gasteiger partial charge in [0.05, 0.1) is 0 Å². The molecule has 2 atom stereocenters. The molecule has 4 aliphatic rings. The maximum atomic E-state index is 12.7. The molecule has 1 heterocycles. The van der Waals surface area contributed by atoms with E-state index in [0.29, 0.717) is 17.9 Å². The summed E-state index contributed by atoms with van der Waals surface area (Å²) in [6.45, 7) is 3.20. The summed E-state index contributed by atoms with van der Waals surface area (Å²) < 4.78 is 0. The van der Waals surface area contributed by atoms with Crippen molar-refractivity contribution >= 4 is 5.91 Å². The molecule has 3 saturated carbocycles. The van der Waals surface area contributed by atoms with Crippen LogP contribution in [0.1, 0.15) is 64.2 Å². The smallest absolute Gasteiger partial charge is 0.225 e. The first-order valence-corrected chi connectivity index (χ1v) is 9.83. The lowest BCUT2D eigenvalue weighted by Crippen LogP contribution is -2.46. The van der Waals surface area contributed by atoms with Crippen LogP contribution in [0.4, 0.5) is 0 Å². The number of carbonyl (C=O) groups excluding carboxylic acids is 1. The van der Waals surface area contributed by atoms with Crippen LogP contribution in [0.25, 0.3) is 0 Å². The van der Waals surface area contributed by atoms with E-state index in [0.717, 1.165) is 30.8 Å². The molecule has 0 bridgehead atoms. The Balaban J connectivity index is 1.19. The summed E-state index contributed by atoms with van der Waals surface area (Å²) in [6.07, 6.45) is 13.4. The molecule has 3 aliphatic carbocycles. The number of piperidine rings is 1. The molecule has 1 aliphatic heterocycles. The minimum absolute atomic E-state index is 0.402. The van der Waals surface area contributed by atoms with Gasteiger partial charge in [-0.15, -0.1) is 0 Å². The Bertz CT molecular complexity index is 392. The Morgan fingerprint density at radius 3 is 2.36 bits per heavy atom. The summed E-state index contributed by atoms with van der Waals surface area (Å²) in [6, 6.07) is 0.665. The van der Waals surface area contributed by atoms with Gasteiger partial charge in [-0.1, -0.05) is 32.1 Å². The fourth-order valence-electron chi connectivity index (χ4n) is 4.78. The van der Waals surface area contributed by atoms with Crippen molar-refractivity contribution in [2.75, 3.05) is 19.6 Å². The summed E-state index contributed by atoms with van der Waals surface area (Å²) in [7, 11) is 0. The van der Waals surface area contributed by atoms with Gasteiger partial charge >= 0.3 is 0 Å². The Labute approximate surface area is 135 Å². The van der Waals surface area contributed by atoms with Crippen LogP contribution in [-0.2, 0) is 4.79 Å². The van der Waals surface area contributed by atoms with Crippen molar-refractivity contribution in [3.05, 3.63) is 0 Å². The Kier molecular flexibility index (Phi) is 4.43. The SMILES string of the molecule is O=C(C1CC1C1CCCCC1)N1CCC(NCC2CC2)CC1. The lowest BCUT2D eigenvalue weighted by Gasteiger charge is -2.33. The normalized spacial score (nSPS) is 33.9. The molecule has 0 radical (unpaired) electrons. The molecule has 3 heteroatoms. The fraction of sp³-hybridized carbons (Fsp3) is 0.947. The first kappa shape index (κ1) is 15.0. The minimum Gasteiger partial charge on any atom is -0.342 e. The molecule has 4 fully saturated rings. The predicted molar refractivity (Wildman–Crippen MR) is 88.5 cm³/mol. The van der Waals surface area contributed by atoms with E-state index in [1.165, 1.54) is 70.8 Å². The highest BCUT2D eigenvalue weighted by molar-refractivity contribution is 5.81. The summed E-state index contributed by atoms with van der Waals surface area (Å²) in [5.41, 5.74) is 0.